The quantitative estimate of drug-likeness (QED) is 0.311. The van der Waals surface area contributed by atoms with E-state index in [4.69, 9.17) is 0 Å². The lowest BCUT2D eigenvalue weighted by atomic mass is 10.2. The lowest BCUT2D eigenvalue weighted by Gasteiger charge is -2.11. The number of benzene rings is 1. The van der Waals surface area contributed by atoms with Gasteiger partial charge in [-0.2, -0.15) is 19.6 Å². The maximum Gasteiger partial charge on any atom is 0.326 e. The molecule has 1 saturated carbocycles. The second-order valence-corrected chi connectivity index (χ2v) is 8.03. The average Bonchev–Trinajstić information content (AvgIpc) is 3.36. The molecule has 2 aromatic heterocycles. The molecule has 1 aliphatic carbocycles. The van der Waals surface area contributed by atoms with Gasteiger partial charge in [-0.15, -0.1) is 0 Å². The van der Waals surface area contributed by atoms with Gasteiger partial charge < -0.3 is 16.0 Å². The predicted octanol–water partition coefficient (Wildman–Crippen LogP) is 2.39. The molecular weight excluding hydrogens is 471 g/mol. The maximum absolute atomic E-state index is 13.3. The smallest absolute Gasteiger partial charge is 0.326 e. The number of carbonyl (C=O) groups is 2. The largest absolute Gasteiger partial charge is 0.351 e. The van der Waals surface area contributed by atoms with Crippen LogP contribution in [-0.4, -0.2) is 37.6 Å². The molecule has 0 bridgehead atoms. The standard InChI is InChI=1S/C19H16BrFN8O2/c20-13-6-11(21)2-1-9(13)7-22-17-26-15-10(5-14-16(30)27-19(31)25-14)8-23-29(15)18(28-17)24-12-3-4-12/h1-2,5-6,8,12H,3-4,7H2,(H2,22,24,26,28)(H2,25,27,30,31)/b14-5+. The van der Waals surface area contributed by atoms with E-state index in [-0.39, 0.29) is 11.5 Å². The third-order valence-corrected chi connectivity index (χ3v) is 5.52. The van der Waals surface area contributed by atoms with E-state index in [1.165, 1.54) is 18.2 Å². The summed E-state index contributed by atoms with van der Waals surface area (Å²) in [7, 11) is 0. The van der Waals surface area contributed by atoms with Crippen LogP contribution in [0, 0.1) is 5.82 Å². The summed E-state index contributed by atoms with van der Waals surface area (Å²) in [5.41, 5.74) is 1.95. The van der Waals surface area contributed by atoms with Crippen LogP contribution in [0.1, 0.15) is 24.0 Å². The molecule has 0 unspecified atom stereocenters. The van der Waals surface area contributed by atoms with Crippen LogP contribution >= 0.6 is 15.9 Å². The molecule has 158 valence electrons. The Morgan fingerprint density at radius 1 is 1.26 bits per heavy atom. The van der Waals surface area contributed by atoms with Gasteiger partial charge in [-0.05, 0) is 36.6 Å². The number of fused-ring (bicyclic) bond motifs is 1. The van der Waals surface area contributed by atoms with E-state index in [1.807, 2.05) is 0 Å². The highest BCUT2D eigenvalue weighted by atomic mass is 79.9. The first-order valence-corrected chi connectivity index (χ1v) is 10.3. The number of aromatic nitrogens is 4. The van der Waals surface area contributed by atoms with Gasteiger partial charge in [-0.3, -0.25) is 10.1 Å². The highest BCUT2D eigenvalue weighted by molar-refractivity contribution is 9.10. The topological polar surface area (TPSA) is 125 Å². The molecule has 1 aromatic carbocycles. The van der Waals surface area contributed by atoms with Gasteiger partial charge >= 0.3 is 6.03 Å². The molecule has 4 N–H and O–H groups in total. The molecule has 10 nitrogen and oxygen atoms in total. The van der Waals surface area contributed by atoms with Crippen molar-refractivity contribution < 1.29 is 14.0 Å². The summed E-state index contributed by atoms with van der Waals surface area (Å²) in [6.07, 6.45) is 5.15. The molecule has 0 atom stereocenters. The first-order valence-electron chi connectivity index (χ1n) is 9.50. The van der Waals surface area contributed by atoms with Crippen molar-refractivity contribution in [2.75, 3.05) is 10.6 Å². The van der Waals surface area contributed by atoms with E-state index in [2.05, 4.69) is 52.3 Å². The number of hydrogen-bond donors (Lipinski definition) is 4. The fourth-order valence-electron chi connectivity index (χ4n) is 3.06. The number of imide groups is 1. The van der Waals surface area contributed by atoms with Crippen LogP contribution in [0.15, 0.2) is 34.6 Å². The molecule has 3 aromatic rings. The number of carbonyl (C=O) groups excluding carboxylic acids is 2. The fourth-order valence-corrected chi connectivity index (χ4v) is 3.55. The van der Waals surface area contributed by atoms with Gasteiger partial charge in [0.2, 0.25) is 11.9 Å². The SMILES string of the molecule is O=C1NC(=O)/C(=C\c2cnn3c(NC4CC4)nc(NCc4ccc(F)cc4Br)nc23)N1. The molecular formula is C19H16BrFN8O2. The van der Waals surface area contributed by atoms with Crippen molar-refractivity contribution in [1.29, 1.82) is 0 Å². The second kappa shape index (κ2) is 7.61. The van der Waals surface area contributed by atoms with Crippen LogP contribution in [0.25, 0.3) is 11.7 Å². The number of amides is 3. The molecule has 5 rings (SSSR count). The maximum atomic E-state index is 13.3. The number of halogens is 2. The van der Waals surface area contributed by atoms with Crippen molar-refractivity contribution in [1.82, 2.24) is 30.2 Å². The number of nitrogens with zero attached hydrogens (tertiary/aromatic N) is 4. The summed E-state index contributed by atoms with van der Waals surface area (Å²) in [6.45, 7) is 0.364. The van der Waals surface area contributed by atoms with Crippen LogP contribution in [0.4, 0.5) is 21.1 Å². The van der Waals surface area contributed by atoms with E-state index in [9.17, 15) is 14.0 Å². The first kappa shape index (κ1) is 19.4. The Hall–Kier alpha value is -3.54. The summed E-state index contributed by atoms with van der Waals surface area (Å²) in [5, 5.41) is 15.4. The lowest BCUT2D eigenvalue weighted by molar-refractivity contribution is -0.115. The molecule has 0 radical (unpaired) electrons. The van der Waals surface area contributed by atoms with Crippen molar-refractivity contribution >= 4 is 51.5 Å². The Morgan fingerprint density at radius 2 is 2.10 bits per heavy atom. The minimum absolute atomic E-state index is 0.111. The highest BCUT2D eigenvalue weighted by Crippen LogP contribution is 2.26. The number of hydrogen-bond acceptors (Lipinski definition) is 7. The van der Waals surface area contributed by atoms with E-state index in [0.29, 0.717) is 40.2 Å². The second-order valence-electron chi connectivity index (χ2n) is 7.18. The predicted molar refractivity (Wildman–Crippen MR) is 114 cm³/mol. The molecule has 1 aliphatic heterocycles. The van der Waals surface area contributed by atoms with Crippen molar-refractivity contribution in [3.63, 3.8) is 0 Å². The molecule has 31 heavy (non-hydrogen) atoms. The minimum atomic E-state index is -0.578. The van der Waals surface area contributed by atoms with Crippen molar-refractivity contribution in [2.45, 2.75) is 25.4 Å². The zero-order valence-electron chi connectivity index (χ0n) is 15.9. The summed E-state index contributed by atoms with van der Waals surface area (Å²) in [6, 6.07) is 4.19. The Kier molecular flexibility index (Phi) is 4.77. The van der Waals surface area contributed by atoms with E-state index < -0.39 is 11.9 Å². The Balaban J connectivity index is 1.49. The minimum Gasteiger partial charge on any atom is -0.351 e. The molecule has 2 fully saturated rings. The molecule has 2 aliphatic rings. The molecule has 3 heterocycles. The van der Waals surface area contributed by atoms with Crippen molar-refractivity contribution in [2.24, 2.45) is 0 Å². The summed E-state index contributed by atoms with van der Waals surface area (Å²) in [5.74, 6) is 0.00287. The summed E-state index contributed by atoms with van der Waals surface area (Å²) < 4.78 is 15.5. The number of rotatable bonds is 6. The normalized spacial score (nSPS) is 17.2. The highest BCUT2D eigenvalue weighted by Gasteiger charge is 2.26. The van der Waals surface area contributed by atoms with Crippen LogP contribution in [0.5, 0.6) is 0 Å². The average molecular weight is 487 g/mol. The molecule has 0 spiro atoms. The van der Waals surface area contributed by atoms with Crippen LogP contribution < -0.4 is 21.3 Å². The third-order valence-electron chi connectivity index (χ3n) is 4.78. The molecule has 12 heteroatoms. The van der Waals surface area contributed by atoms with Crippen LogP contribution in [0.3, 0.4) is 0 Å². The Morgan fingerprint density at radius 3 is 2.81 bits per heavy atom. The molecule has 3 amide bonds. The zero-order valence-corrected chi connectivity index (χ0v) is 17.5. The van der Waals surface area contributed by atoms with Gasteiger partial charge in [0.15, 0.2) is 5.65 Å². The number of nitrogens with one attached hydrogen (secondary N) is 4. The van der Waals surface area contributed by atoms with Gasteiger partial charge in [0, 0.05) is 22.6 Å². The van der Waals surface area contributed by atoms with E-state index in [1.54, 1.807) is 16.8 Å². The third kappa shape index (κ3) is 4.06. The van der Waals surface area contributed by atoms with Gasteiger partial charge in [0.05, 0.1) is 6.20 Å². The first-order chi connectivity index (χ1) is 15.0. The van der Waals surface area contributed by atoms with Gasteiger partial charge in [-0.1, -0.05) is 22.0 Å². The lowest BCUT2D eigenvalue weighted by Crippen LogP contribution is -2.22. The fraction of sp³-hybridized carbons (Fsp3) is 0.211. The Bertz CT molecular complexity index is 1250. The monoisotopic (exact) mass is 486 g/mol. The number of urea groups is 1. The molecule has 1 saturated heterocycles. The number of anilines is 2. The van der Waals surface area contributed by atoms with Gasteiger partial charge in [0.1, 0.15) is 11.5 Å². The van der Waals surface area contributed by atoms with Crippen LogP contribution in [0.2, 0.25) is 0 Å². The zero-order chi connectivity index (χ0) is 21.5. The van der Waals surface area contributed by atoms with Gasteiger partial charge in [-0.25, -0.2) is 9.18 Å². The van der Waals surface area contributed by atoms with Gasteiger partial charge in [0.25, 0.3) is 5.91 Å². The van der Waals surface area contributed by atoms with E-state index in [0.717, 1.165) is 18.4 Å². The Labute approximate surface area is 183 Å². The summed E-state index contributed by atoms with van der Waals surface area (Å²) >= 11 is 3.35. The van der Waals surface area contributed by atoms with Crippen LogP contribution in [-0.2, 0) is 11.3 Å². The summed E-state index contributed by atoms with van der Waals surface area (Å²) in [4.78, 5) is 32.3. The van der Waals surface area contributed by atoms with Crippen molar-refractivity contribution in [3.8, 4) is 0 Å². The van der Waals surface area contributed by atoms with Crippen molar-refractivity contribution in [3.05, 3.63) is 51.5 Å². The van der Waals surface area contributed by atoms with E-state index >= 15 is 0 Å².